The average molecular weight is 246 g/mol. The van der Waals surface area contributed by atoms with Crippen molar-refractivity contribution in [1.82, 2.24) is 0 Å². The fourth-order valence-electron chi connectivity index (χ4n) is 2.66. The first kappa shape index (κ1) is 11.3. The van der Waals surface area contributed by atoms with Gasteiger partial charge >= 0.3 is 0 Å². The normalized spacial score (nSPS) is 21.3. The van der Waals surface area contributed by atoms with Gasteiger partial charge in [-0.1, -0.05) is 12.1 Å². The molecule has 3 rings (SSSR count). The third kappa shape index (κ3) is 1.27. The molecule has 0 heterocycles. The van der Waals surface area contributed by atoms with Crippen LogP contribution in [-0.4, -0.2) is 24.4 Å². The summed E-state index contributed by atoms with van der Waals surface area (Å²) in [6.07, 6.45) is -1.78. The Morgan fingerprint density at radius 1 is 0.778 bits per heavy atom. The van der Waals surface area contributed by atoms with Crippen LogP contribution in [0.15, 0.2) is 24.3 Å². The molecule has 2 atom stereocenters. The van der Waals surface area contributed by atoms with Gasteiger partial charge in [-0.2, -0.15) is 0 Å². The predicted molar refractivity (Wildman–Crippen MR) is 67.0 cm³/mol. The highest BCUT2D eigenvalue weighted by molar-refractivity contribution is 6.00. The maximum absolute atomic E-state index is 10.0. The van der Waals surface area contributed by atoms with E-state index in [0.29, 0.717) is 22.6 Å². The SMILES string of the molecule is COc1ccc2c3c(ccc(OC)c13)C(O)C2O. The quantitative estimate of drug-likeness (QED) is 0.850. The van der Waals surface area contributed by atoms with E-state index in [2.05, 4.69) is 0 Å². The van der Waals surface area contributed by atoms with Crippen LogP contribution < -0.4 is 9.47 Å². The second-order valence-electron chi connectivity index (χ2n) is 4.35. The van der Waals surface area contributed by atoms with Gasteiger partial charge in [0, 0.05) is 5.39 Å². The van der Waals surface area contributed by atoms with Crippen LogP contribution >= 0.6 is 0 Å². The van der Waals surface area contributed by atoms with Gasteiger partial charge in [0.15, 0.2) is 0 Å². The smallest absolute Gasteiger partial charge is 0.130 e. The summed E-state index contributed by atoms with van der Waals surface area (Å²) >= 11 is 0. The van der Waals surface area contributed by atoms with E-state index in [4.69, 9.17) is 9.47 Å². The summed E-state index contributed by atoms with van der Waals surface area (Å²) in [6.45, 7) is 0. The van der Waals surface area contributed by atoms with Crippen LogP contribution in [0, 0.1) is 0 Å². The highest BCUT2D eigenvalue weighted by atomic mass is 16.5. The molecule has 4 heteroatoms. The lowest BCUT2D eigenvalue weighted by atomic mass is 10.0. The Labute approximate surface area is 104 Å². The van der Waals surface area contributed by atoms with Gasteiger partial charge in [-0.15, -0.1) is 0 Å². The summed E-state index contributed by atoms with van der Waals surface area (Å²) in [7, 11) is 3.18. The molecule has 1 aliphatic rings. The monoisotopic (exact) mass is 246 g/mol. The highest BCUT2D eigenvalue weighted by Gasteiger charge is 2.33. The molecule has 1 aliphatic carbocycles. The zero-order chi connectivity index (χ0) is 12.9. The third-order valence-corrected chi connectivity index (χ3v) is 3.52. The molecular weight excluding hydrogens is 232 g/mol. The molecule has 2 N–H and O–H groups in total. The second-order valence-corrected chi connectivity index (χ2v) is 4.35. The molecule has 94 valence electrons. The Morgan fingerprint density at radius 2 is 1.22 bits per heavy atom. The highest BCUT2D eigenvalue weighted by Crippen LogP contribution is 2.49. The summed E-state index contributed by atoms with van der Waals surface area (Å²) in [5, 5.41) is 21.7. The zero-order valence-electron chi connectivity index (χ0n) is 10.2. The first-order chi connectivity index (χ1) is 8.69. The third-order valence-electron chi connectivity index (χ3n) is 3.52. The maximum Gasteiger partial charge on any atom is 0.130 e. The van der Waals surface area contributed by atoms with Gasteiger partial charge in [-0.3, -0.25) is 0 Å². The Kier molecular flexibility index (Phi) is 2.43. The maximum atomic E-state index is 10.0. The van der Waals surface area contributed by atoms with E-state index in [1.54, 1.807) is 38.5 Å². The van der Waals surface area contributed by atoms with Crippen LogP contribution in [0.2, 0.25) is 0 Å². The molecule has 18 heavy (non-hydrogen) atoms. The van der Waals surface area contributed by atoms with Crippen LogP contribution in [-0.2, 0) is 0 Å². The number of benzene rings is 2. The van der Waals surface area contributed by atoms with Crippen LogP contribution in [0.25, 0.3) is 10.8 Å². The Balaban J connectivity index is 2.46. The first-order valence-corrected chi connectivity index (χ1v) is 5.72. The molecule has 0 radical (unpaired) electrons. The Hall–Kier alpha value is -1.78. The fraction of sp³-hybridized carbons (Fsp3) is 0.286. The predicted octanol–water partition coefficient (Wildman–Crippen LogP) is 1.94. The van der Waals surface area contributed by atoms with Crippen molar-refractivity contribution < 1.29 is 19.7 Å². The van der Waals surface area contributed by atoms with Gasteiger partial charge in [0.1, 0.15) is 23.7 Å². The van der Waals surface area contributed by atoms with Gasteiger partial charge < -0.3 is 19.7 Å². The van der Waals surface area contributed by atoms with Crippen molar-refractivity contribution in [2.45, 2.75) is 12.2 Å². The van der Waals surface area contributed by atoms with Crippen LogP contribution in [0.5, 0.6) is 11.5 Å². The van der Waals surface area contributed by atoms with Crippen LogP contribution in [0.1, 0.15) is 23.3 Å². The van der Waals surface area contributed by atoms with Crippen LogP contribution in [0.4, 0.5) is 0 Å². The van der Waals surface area contributed by atoms with E-state index in [0.717, 1.165) is 10.8 Å². The molecule has 2 unspecified atom stereocenters. The summed E-state index contributed by atoms with van der Waals surface area (Å²) in [5.41, 5.74) is 1.43. The number of rotatable bonds is 2. The number of aliphatic hydroxyl groups excluding tert-OH is 2. The lowest BCUT2D eigenvalue weighted by Gasteiger charge is -2.11. The number of ether oxygens (including phenoxy) is 2. The molecule has 0 aliphatic heterocycles. The summed E-state index contributed by atoms with van der Waals surface area (Å²) in [4.78, 5) is 0. The molecule has 0 aromatic heterocycles. The molecule has 0 saturated carbocycles. The molecule has 0 saturated heterocycles. The average Bonchev–Trinajstić information content (AvgIpc) is 2.66. The topological polar surface area (TPSA) is 58.9 Å². The van der Waals surface area contributed by atoms with Crippen molar-refractivity contribution in [3.63, 3.8) is 0 Å². The standard InChI is InChI=1S/C14H14O4/c1-17-9-5-3-7-11-8(14(16)13(7)15)4-6-10(18-2)12(9)11/h3-6,13-16H,1-2H3. The molecule has 0 amide bonds. The van der Waals surface area contributed by atoms with E-state index < -0.39 is 12.2 Å². The minimum absolute atomic E-state index is 0.675. The van der Waals surface area contributed by atoms with E-state index in [9.17, 15) is 10.2 Å². The molecule has 0 spiro atoms. The van der Waals surface area contributed by atoms with Gasteiger partial charge in [-0.05, 0) is 23.3 Å². The summed E-state index contributed by atoms with van der Waals surface area (Å²) in [5.74, 6) is 1.35. The van der Waals surface area contributed by atoms with Gasteiger partial charge in [0.05, 0.1) is 19.6 Å². The number of hydrogen-bond acceptors (Lipinski definition) is 4. The van der Waals surface area contributed by atoms with Crippen molar-refractivity contribution in [3.05, 3.63) is 35.4 Å². The number of hydrogen-bond donors (Lipinski definition) is 2. The second kappa shape index (κ2) is 3.86. The van der Waals surface area contributed by atoms with Gasteiger partial charge in [0.25, 0.3) is 0 Å². The summed E-state index contributed by atoms with van der Waals surface area (Å²) < 4.78 is 10.7. The zero-order valence-corrected chi connectivity index (χ0v) is 10.2. The molecular formula is C14H14O4. The fourth-order valence-corrected chi connectivity index (χ4v) is 2.66. The molecule has 2 aromatic carbocycles. The number of aliphatic hydroxyl groups is 2. The molecule has 4 nitrogen and oxygen atoms in total. The van der Waals surface area contributed by atoms with Crippen molar-refractivity contribution in [2.24, 2.45) is 0 Å². The molecule has 0 bridgehead atoms. The first-order valence-electron chi connectivity index (χ1n) is 5.72. The van der Waals surface area contributed by atoms with Gasteiger partial charge in [-0.25, -0.2) is 0 Å². The van der Waals surface area contributed by atoms with E-state index in [1.165, 1.54) is 0 Å². The molecule has 2 aromatic rings. The molecule has 0 fully saturated rings. The summed E-state index contributed by atoms with van der Waals surface area (Å²) in [6, 6.07) is 7.13. The van der Waals surface area contributed by atoms with Gasteiger partial charge in [0.2, 0.25) is 0 Å². The van der Waals surface area contributed by atoms with Crippen molar-refractivity contribution in [2.75, 3.05) is 14.2 Å². The Bertz CT molecular complexity index is 570. The minimum atomic E-state index is -0.888. The van der Waals surface area contributed by atoms with E-state index in [-0.39, 0.29) is 0 Å². The largest absolute Gasteiger partial charge is 0.496 e. The Morgan fingerprint density at radius 3 is 1.61 bits per heavy atom. The van der Waals surface area contributed by atoms with Crippen molar-refractivity contribution in [1.29, 1.82) is 0 Å². The lowest BCUT2D eigenvalue weighted by Crippen LogP contribution is -2.02. The minimum Gasteiger partial charge on any atom is -0.496 e. The van der Waals surface area contributed by atoms with Crippen molar-refractivity contribution in [3.8, 4) is 11.5 Å². The van der Waals surface area contributed by atoms with Crippen molar-refractivity contribution >= 4 is 10.8 Å². The lowest BCUT2D eigenvalue weighted by molar-refractivity contribution is 0.0253. The number of methoxy groups -OCH3 is 2. The van der Waals surface area contributed by atoms with E-state index in [1.807, 2.05) is 0 Å². The van der Waals surface area contributed by atoms with Crippen LogP contribution in [0.3, 0.4) is 0 Å². The van der Waals surface area contributed by atoms with E-state index >= 15 is 0 Å².